The highest BCUT2D eigenvalue weighted by Gasteiger charge is 2.01. The topological polar surface area (TPSA) is 20.2 Å². The number of rotatable bonds is 27. The molecule has 0 saturated carbocycles. The Balaban J connectivity index is 1.69. The van der Waals surface area contributed by atoms with Crippen molar-refractivity contribution in [1.82, 2.24) is 0 Å². The molecule has 0 amide bonds. The Morgan fingerprint density at radius 1 is 0.444 bits per heavy atom. The van der Waals surface area contributed by atoms with E-state index in [0.717, 1.165) is 12.0 Å². The maximum Gasteiger partial charge on any atom is 0.118 e. The molecule has 0 bridgehead atoms. The number of aryl methyl sites for hydroxylation is 2. The molecule has 0 aliphatic carbocycles. The Kier molecular flexibility index (Phi) is 23.6. The molecular weight excluding hydrogens is 436 g/mol. The van der Waals surface area contributed by atoms with Crippen LogP contribution in [0.2, 0.25) is 0 Å². The van der Waals surface area contributed by atoms with Crippen molar-refractivity contribution >= 4 is 0 Å². The highest BCUT2D eigenvalue weighted by Crippen LogP contribution is 2.21. The van der Waals surface area contributed by atoms with E-state index in [1.54, 1.807) is 0 Å². The molecule has 0 atom stereocenters. The van der Waals surface area contributed by atoms with Crippen LogP contribution < -0.4 is 0 Å². The second-order valence-corrected chi connectivity index (χ2v) is 11.7. The van der Waals surface area contributed by atoms with Gasteiger partial charge in [-0.25, -0.2) is 0 Å². The molecule has 0 heterocycles. The molecule has 1 aromatic carbocycles. The zero-order chi connectivity index (χ0) is 25.9. The number of unbranched alkanes of at least 4 members (excludes halogenated alkanes) is 25. The van der Waals surface area contributed by atoms with E-state index in [9.17, 15) is 5.11 Å². The molecule has 210 valence electrons. The number of hydrogen-bond acceptors (Lipinski definition) is 1. The van der Waals surface area contributed by atoms with Crippen molar-refractivity contribution in [3.63, 3.8) is 0 Å². The molecule has 1 rings (SSSR count). The first kappa shape index (κ1) is 33.0. The van der Waals surface area contributed by atoms with Crippen LogP contribution in [0.4, 0.5) is 0 Å². The highest BCUT2D eigenvalue weighted by atomic mass is 16.3. The van der Waals surface area contributed by atoms with Gasteiger partial charge in [-0.3, -0.25) is 0 Å². The lowest BCUT2D eigenvalue weighted by atomic mass is 10.0. The van der Waals surface area contributed by atoms with Crippen molar-refractivity contribution in [3.8, 4) is 5.75 Å². The normalized spacial score (nSPS) is 11.4. The molecule has 1 nitrogen and oxygen atoms in total. The maximum atomic E-state index is 9.93. The second-order valence-electron chi connectivity index (χ2n) is 11.7. The van der Waals surface area contributed by atoms with Gasteiger partial charge in [0, 0.05) is 0 Å². The third kappa shape index (κ3) is 21.1. The summed E-state index contributed by atoms with van der Waals surface area (Å²) in [6.45, 7) is 4.40. The zero-order valence-corrected chi connectivity index (χ0v) is 24.8. The molecule has 1 N–H and O–H groups in total. The predicted molar refractivity (Wildman–Crippen MR) is 162 cm³/mol. The van der Waals surface area contributed by atoms with Crippen LogP contribution >= 0.6 is 0 Å². The van der Waals surface area contributed by atoms with Gasteiger partial charge in [0.1, 0.15) is 5.75 Å². The van der Waals surface area contributed by atoms with E-state index in [4.69, 9.17) is 0 Å². The first-order chi connectivity index (χ1) is 17.7. The van der Waals surface area contributed by atoms with Crippen LogP contribution in [0.15, 0.2) is 18.2 Å². The molecule has 1 heteroatoms. The van der Waals surface area contributed by atoms with E-state index in [-0.39, 0.29) is 0 Å². The van der Waals surface area contributed by atoms with Gasteiger partial charge in [0.25, 0.3) is 0 Å². The lowest BCUT2D eigenvalue weighted by molar-refractivity contribution is 0.465. The van der Waals surface area contributed by atoms with Crippen molar-refractivity contribution in [2.75, 3.05) is 0 Å². The minimum atomic E-state index is 0.472. The quantitative estimate of drug-likeness (QED) is 0.119. The van der Waals surface area contributed by atoms with E-state index in [2.05, 4.69) is 19.9 Å². The van der Waals surface area contributed by atoms with Gasteiger partial charge in [-0.2, -0.15) is 0 Å². The second kappa shape index (κ2) is 25.7. The summed E-state index contributed by atoms with van der Waals surface area (Å²) in [5.74, 6) is 0.472. The van der Waals surface area contributed by atoms with Gasteiger partial charge in [0.05, 0.1) is 0 Å². The van der Waals surface area contributed by atoms with Crippen molar-refractivity contribution < 1.29 is 5.11 Å². The van der Waals surface area contributed by atoms with Gasteiger partial charge < -0.3 is 5.11 Å². The predicted octanol–water partition coefficient (Wildman–Crippen LogP) is 12.4. The largest absolute Gasteiger partial charge is 0.508 e. The first-order valence-corrected chi connectivity index (χ1v) is 16.5. The van der Waals surface area contributed by atoms with Crippen LogP contribution in [-0.2, 0) is 6.42 Å². The van der Waals surface area contributed by atoms with E-state index in [1.807, 2.05) is 12.1 Å². The molecule has 1 aromatic rings. The smallest absolute Gasteiger partial charge is 0.118 e. The zero-order valence-electron chi connectivity index (χ0n) is 24.8. The molecule has 0 aliphatic rings. The van der Waals surface area contributed by atoms with E-state index in [1.165, 1.54) is 173 Å². The van der Waals surface area contributed by atoms with E-state index >= 15 is 0 Å². The summed E-state index contributed by atoms with van der Waals surface area (Å²) < 4.78 is 0. The third-order valence-corrected chi connectivity index (χ3v) is 8.03. The van der Waals surface area contributed by atoms with Crippen LogP contribution in [0.5, 0.6) is 5.75 Å². The molecule has 0 fully saturated rings. The number of phenolic OH excluding ortho intramolecular Hbond substituents is 1. The molecule has 36 heavy (non-hydrogen) atoms. The fourth-order valence-corrected chi connectivity index (χ4v) is 5.55. The molecule has 0 radical (unpaired) electrons. The number of hydrogen-bond donors (Lipinski definition) is 1. The van der Waals surface area contributed by atoms with Gasteiger partial charge in [-0.05, 0) is 31.4 Å². The van der Waals surface area contributed by atoms with Crippen LogP contribution in [0, 0.1) is 6.92 Å². The average molecular weight is 501 g/mol. The molecule has 0 spiro atoms. The summed E-state index contributed by atoms with van der Waals surface area (Å²) in [4.78, 5) is 0. The summed E-state index contributed by atoms with van der Waals surface area (Å²) in [6.07, 6.45) is 38.4. The fourth-order valence-electron chi connectivity index (χ4n) is 5.55. The SMILES string of the molecule is CCCCCCCCCCCCCCCCCCCCCCCCCCCCc1cc(C)ccc1O. The number of benzene rings is 1. The summed E-state index contributed by atoms with van der Waals surface area (Å²) in [5, 5.41) is 9.93. The number of aromatic hydroxyl groups is 1. The summed E-state index contributed by atoms with van der Waals surface area (Å²) in [5.41, 5.74) is 2.37. The maximum absolute atomic E-state index is 9.93. The standard InChI is InChI=1S/C35H64O/c1-3-4-5-6-7-8-9-10-11-12-13-14-15-16-17-18-19-20-21-22-23-24-25-26-27-28-29-34-32-33(2)30-31-35(34)36/h30-32,36H,3-29H2,1-2H3. The van der Waals surface area contributed by atoms with Gasteiger partial charge in [-0.1, -0.05) is 185 Å². The summed E-state index contributed by atoms with van der Waals surface area (Å²) >= 11 is 0. The van der Waals surface area contributed by atoms with E-state index in [0.29, 0.717) is 5.75 Å². The molecule has 0 unspecified atom stereocenters. The van der Waals surface area contributed by atoms with Crippen LogP contribution in [-0.4, -0.2) is 5.11 Å². The molecular formula is C35H64O. The molecule has 0 aromatic heterocycles. The minimum absolute atomic E-state index is 0.472. The van der Waals surface area contributed by atoms with Crippen molar-refractivity contribution in [2.24, 2.45) is 0 Å². The van der Waals surface area contributed by atoms with Crippen molar-refractivity contribution in [1.29, 1.82) is 0 Å². The van der Waals surface area contributed by atoms with Gasteiger partial charge in [0.2, 0.25) is 0 Å². The Morgan fingerprint density at radius 3 is 1.08 bits per heavy atom. The third-order valence-electron chi connectivity index (χ3n) is 8.03. The molecule has 0 aliphatic heterocycles. The van der Waals surface area contributed by atoms with Crippen molar-refractivity contribution in [3.05, 3.63) is 29.3 Å². The summed E-state index contributed by atoms with van der Waals surface area (Å²) in [7, 11) is 0. The Bertz CT molecular complexity index is 578. The van der Waals surface area contributed by atoms with Crippen molar-refractivity contribution in [2.45, 2.75) is 187 Å². The number of phenols is 1. The minimum Gasteiger partial charge on any atom is -0.508 e. The van der Waals surface area contributed by atoms with Crippen LogP contribution in [0.3, 0.4) is 0 Å². The fraction of sp³-hybridized carbons (Fsp3) is 0.829. The van der Waals surface area contributed by atoms with E-state index < -0.39 is 0 Å². The lowest BCUT2D eigenvalue weighted by Gasteiger charge is -2.06. The lowest BCUT2D eigenvalue weighted by Crippen LogP contribution is -1.89. The summed E-state index contributed by atoms with van der Waals surface area (Å²) in [6, 6.07) is 5.96. The van der Waals surface area contributed by atoms with Crippen LogP contribution in [0.25, 0.3) is 0 Å². The highest BCUT2D eigenvalue weighted by molar-refractivity contribution is 5.35. The Labute approximate surface area is 227 Å². The average Bonchev–Trinajstić information content (AvgIpc) is 2.88. The van der Waals surface area contributed by atoms with Crippen LogP contribution in [0.1, 0.15) is 185 Å². The first-order valence-electron chi connectivity index (χ1n) is 16.5. The Morgan fingerprint density at radius 2 is 0.750 bits per heavy atom. The monoisotopic (exact) mass is 500 g/mol. The Hall–Kier alpha value is -0.980. The van der Waals surface area contributed by atoms with Gasteiger partial charge >= 0.3 is 0 Å². The van der Waals surface area contributed by atoms with Gasteiger partial charge in [-0.15, -0.1) is 0 Å². The van der Waals surface area contributed by atoms with Gasteiger partial charge in [0.15, 0.2) is 0 Å². The molecule has 0 saturated heterocycles.